The number of carbonyl (C=O) groups excluding carboxylic acids is 1. The standard InChI is InChI=1S/C16H20N2O3/c19-16(13-6-3-8-14(11-13)18(20)21)17-10-4-7-12-5-1-2-9-15(12)17/h3,6,8,11-12,15H,1-2,4-5,7,9-10H2/t12-,15-/m1/s1. The van der Waals surface area contributed by atoms with E-state index in [1.165, 1.54) is 37.8 Å². The van der Waals surface area contributed by atoms with Gasteiger partial charge in [0.1, 0.15) is 0 Å². The molecule has 0 radical (unpaired) electrons. The van der Waals surface area contributed by atoms with E-state index in [0.717, 1.165) is 19.4 Å². The van der Waals surface area contributed by atoms with Crippen molar-refractivity contribution in [3.05, 3.63) is 39.9 Å². The van der Waals surface area contributed by atoms with Crippen LogP contribution >= 0.6 is 0 Å². The van der Waals surface area contributed by atoms with Crippen molar-refractivity contribution >= 4 is 11.6 Å². The molecule has 1 heterocycles. The Labute approximate surface area is 124 Å². The lowest BCUT2D eigenvalue weighted by Crippen LogP contribution is -2.49. The predicted octanol–water partition coefficient (Wildman–Crippen LogP) is 3.39. The normalized spacial score (nSPS) is 25.2. The van der Waals surface area contributed by atoms with Gasteiger partial charge in [-0.3, -0.25) is 14.9 Å². The summed E-state index contributed by atoms with van der Waals surface area (Å²) in [5.74, 6) is 0.574. The number of nitro benzene ring substituents is 1. The first-order valence-corrected chi connectivity index (χ1v) is 7.72. The summed E-state index contributed by atoms with van der Waals surface area (Å²) in [6.07, 6.45) is 6.99. The second kappa shape index (κ2) is 5.84. The van der Waals surface area contributed by atoms with E-state index in [-0.39, 0.29) is 11.6 Å². The molecule has 0 unspecified atom stereocenters. The second-order valence-electron chi connectivity index (χ2n) is 6.06. The SMILES string of the molecule is O=C(c1cccc([N+](=O)[O-])c1)N1CCC[C@H]2CCCC[C@H]21. The molecule has 2 aliphatic rings. The van der Waals surface area contributed by atoms with Crippen LogP contribution in [0.4, 0.5) is 5.69 Å². The van der Waals surface area contributed by atoms with Gasteiger partial charge in [-0.1, -0.05) is 18.9 Å². The summed E-state index contributed by atoms with van der Waals surface area (Å²) in [6.45, 7) is 0.780. The van der Waals surface area contributed by atoms with Gasteiger partial charge in [0.2, 0.25) is 0 Å². The van der Waals surface area contributed by atoms with Gasteiger partial charge in [0.05, 0.1) is 4.92 Å². The molecule has 1 aromatic rings. The first-order valence-electron chi connectivity index (χ1n) is 7.72. The zero-order chi connectivity index (χ0) is 14.8. The first kappa shape index (κ1) is 14.0. The maximum atomic E-state index is 12.7. The van der Waals surface area contributed by atoms with Gasteiger partial charge in [-0.15, -0.1) is 0 Å². The summed E-state index contributed by atoms with van der Waals surface area (Å²) in [5, 5.41) is 10.9. The van der Waals surface area contributed by atoms with Crippen molar-refractivity contribution in [1.82, 2.24) is 4.90 Å². The van der Waals surface area contributed by atoms with Crippen LogP contribution in [-0.4, -0.2) is 28.3 Å². The van der Waals surface area contributed by atoms with Gasteiger partial charge in [0.15, 0.2) is 0 Å². The third kappa shape index (κ3) is 2.77. The van der Waals surface area contributed by atoms with Crippen LogP contribution in [0.25, 0.3) is 0 Å². The second-order valence-corrected chi connectivity index (χ2v) is 6.06. The van der Waals surface area contributed by atoms with Crippen molar-refractivity contribution in [3.63, 3.8) is 0 Å². The van der Waals surface area contributed by atoms with Gasteiger partial charge in [-0.25, -0.2) is 0 Å². The van der Waals surface area contributed by atoms with E-state index < -0.39 is 4.92 Å². The number of hydrogen-bond donors (Lipinski definition) is 0. The van der Waals surface area contributed by atoms with Crippen molar-refractivity contribution in [2.75, 3.05) is 6.54 Å². The van der Waals surface area contributed by atoms with Gasteiger partial charge in [0, 0.05) is 30.3 Å². The summed E-state index contributed by atoms with van der Waals surface area (Å²) in [7, 11) is 0. The minimum absolute atomic E-state index is 0.0157. The van der Waals surface area contributed by atoms with E-state index >= 15 is 0 Å². The largest absolute Gasteiger partial charge is 0.335 e. The fourth-order valence-corrected chi connectivity index (χ4v) is 3.80. The van der Waals surface area contributed by atoms with Crippen molar-refractivity contribution in [1.29, 1.82) is 0 Å². The summed E-state index contributed by atoms with van der Waals surface area (Å²) in [6, 6.07) is 6.43. The molecule has 3 rings (SSSR count). The molecule has 1 aromatic carbocycles. The Morgan fingerprint density at radius 2 is 1.95 bits per heavy atom. The van der Waals surface area contributed by atoms with Crippen LogP contribution < -0.4 is 0 Å². The third-order valence-electron chi connectivity index (χ3n) is 4.81. The summed E-state index contributed by atoms with van der Waals surface area (Å²) < 4.78 is 0. The number of fused-ring (bicyclic) bond motifs is 1. The molecule has 5 heteroatoms. The highest BCUT2D eigenvalue weighted by atomic mass is 16.6. The van der Waals surface area contributed by atoms with Gasteiger partial charge >= 0.3 is 0 Å². The molecule has 2 atom stereocenters. The molecule has 21 heavy (non-hydrogen) atoms. The monoisotopic (exact) mass is 288 g/mol. The Balaban J connectivity index is 1.83. The lowest BCUT2D eigenvalue weighted by Gasteiger charge is -2.44. The Hall–Kier alpha value is -1.91. The molecule has 112 valence electrons. The van der Waals surface area contributed by atoms with Gasteiger partial charge < -0.3 is 4.90 Å². The zero-order valence-corrected chi connectivity index (χ0v) is 12.0. The van der Waals surface area contributed by atoms with Crippen LogP contribution in [0.1, 0.15) is 48.9 Å². The summed E-state index contributed by atoms with van der Waals surface area (Å²) >= 11 is 0. The van der Waals surface area contributed by atoms with Crippen molar-refractivity contribution in [3.8, 4) is 0 Å². The molecule has 1 saturated carbocycles. The van der Waals surface area contributed by atoms with Crippen LogP contribution in [0.3, 0.4) is 0 Å². The van der Waals surface area contributed by atoms with Crippen LogP contribution in [0.15, 0.2) is 24.3 Å². The Bertz CT molecular complexity index is 556. The molecule has 1 aliphatic heterocycles. The summed E-state index contributed by atoms with van der Waals surface area (Å²) in [5.41, 5.74) is 0.425. The molecule has 1 saturated heterocycles. The molecular weight excluding hydrogens is 268 g/mol. The van der Waals surface area contributed by atoms with Crippen LogP contribution in [-0.2, 0) is 0 Å². The predicted molar refractivity (Wildman–Crippen MR) is 79.1 cm³/mol. The quantitative estimate of drug-likeness (QED) is 0.619. The molecule has 0 aromatic heterocycles. The van der Waals surface area contributed by atoms with E-state index in [9.17, 15) is 14.9 Å². The topological polar surface area (TPSA) is 63.4 Å². The molecule has 0 N–H and O–H groups in total. The molecule has 1 amide bonds. The number of nitrogens with zero attached hydrogens (tertiary/aromatic N) is 2. The van der Waals surface area contributed by atoms with Gasteiger partial charge in [-0.05, 0) is 37.7 Å². The van der Waals surface area contributed by atoms with E-state index in [0.29, 0.717) is 17.5 Å². The van der Waals surface area contributed by atoms with E-state index in [2.05, 4.69) is 0 Å². The maximum absolute atomic E-state index is 12.7. The molecule has 2 fully saturated rings. The third-order valence-corrected chi connectivity index (χ3v) is 4.81. The van der Waals surface area contributed by atoms with Crippen molar-refractivity contribution < 1.29 is 9.72 Å². The summed E-state index contributed by atoms with van der Waals surface area (Å²) in [4.78, 5) is 25.1. The number of non-ortho nitro benzene ring substituents is 1. The smallest absolute Gasteiger partial charge is 0.270 e. The molecule has 1 aliphatic carbocycles. The lowest BCUT2D eigenvalue weighted by molar-refractivity contribution is -0.384. The Morgan fingerprint density at radius 1 is 1.19 bits per heavy atom. The fourth-order valence-electron chi connectivity index (χ4n) is 3.80. The number of amides is 1. The number of rotatable bonds is 2. The van der Waals surface area contributed by atoms with Crippen molar-refractivity contribution in [2.45, 2.75) is 44.6 Å². The minimum Gasteiger partial charge on any atom is -0.335 e. The molecule has 5 nitrogen and oxygen atoms in total. The van der Waals surface area contributed by atoms with Crippen molar-refractivity contribution in [2.24, 2.45) is 5.92 Å². The number of likely N-dealkylation sites (tertiary alicyclic amines) is 1. The average Bonchev–Trinajstić information content (AvgIpc) is 2.53. The highest BCUT2D eigenvalue weighted by Gasteiger charge is 2.36. The number of benzene rings is 1. The molecule has 0 spiro atoms. The number of carbonyl (C=O) groups is 1. The fraction of sp³-hybridized carbons (Fsp3) is 0.562. The average molecular weight is 288 g/mol. The minimum atomic E-state index is -0.448. The first-order chi connectivity index (χ1) is 10.2. The lowest BCUT2D eigenvalue weighted by atomic mass is 9.78. The zero-order valence-electron chi connectivity index (χ0n) is 12.0. The maximum Gasteiger partial charge on any atom is 0.270 e. The van der Waals surface area contributed by atoms with Gasteiger partial charge in [0.25, 0.3) is 11.6 Å². The molecular formula is C16H20N2O3. The van der Waals surface area contributed by atoms with Gasteiger partial charge in [-0.2, -0.15) is 0 Å². The highest BCUT2D eigenvalue weighted by Crippen LogP contribution is 2.36. The van der Waals surface area contributed by atoms with E-state index in [1.807, 2.05) is 4.90 Å². The number of piperidine rings is 1. The number of nitro groups is 1. The van der Waals surface area contributed by atoms with Crippen LogP contribution in [0.5, 0.6) is 0 Å². The van der Waals surface area contributed by atoms with Crippen LogP contribution in [0.2, 0.25) is 0 Å². The Kier molecular flexibility index (Phi) is 3.90. The Morgan fingerprint density at radius 3 is 2.76 bits per heavy atom. The van der Waals surface area contributed by atoms with Crippen LogP contribution in [0, 0.1) is 16.0 Å². The highest BCUT2D eigenvalue weighted by molar-refractivity contribution is 5.95. The van der Waals surface area contributed by atoms with E-state index in [1.54, 1.807) is 12.1 Å². The number of hydrogen-bond acceptors (Lipinski definition) is 3. The van der Waals surface area contributed by atoms with E-state index in [4.69, 9.17) is 0 Å². The molecule has 0 bridgehead atoms.